The molecule has 4 nitrogen and oxygen atoms in total. The van der Waals surface area contributed by atoms with Crippen molar-refractivity contribution in [3.63, 3.8) is 0 Å². The van der Waals surface area contributed by atoms with Crippen LogP contribution in [0.25, 0.3) is 0 Å². The monoisotopic (exact) mass is 228 g/mol. The predicted molar refractivity (Wildman–Crippen MR) is 59.5 cm³/mol. The number of nitrogens with two attached hydrogens (primary N) is 1. The molecule has 1 rings (SSSR count). The van der Waals surface area contributed by atoms with Crippen LogP contribution in [0, 0.1) is 0 Å². The number of hydrogen-bond donors (Lipinski definition) is 2. The zero-order valence-corrected chi connectivity index (χ0v) is 8.90. The zero-order chi connectivity index (χ0) is 12.0. The van der Waals surface area contributed by atoms with E-state index in [0.717, 1.165) is 0 Å². The first-order valence-electron chi connectivity index (χ1n) is 4.73. The summed E-state index contributed by atoms with van der Waals surface area (Å²) in [7, 11) is 1.49. The SMILES string of the molecule is CN(CC(F)F)C(=Nc1ccccc1)NN. The summed E-state index contributed by atoms with van der Waals surface area (Å²) in [4.78, 5) is 5.36. The number of guanidine groups is 1. The molecule has 3 N–H and O–H groups in total. The lowest BCUT2D eigenvalue weighted by Crippen LogP contribution is -2.44. The fourth-order valence-corrected chi connectivity index (χ4v) is 1.15. The molecule has 88 valence electrons. The van der Waals surface area contributed by atoms with Crippen molar-refractivity contribution in [3.8, 4) is 0 Å². The average Bonchev–Trinajstić information content (AvgIpc) is 2.26. The quantitative estimate of drug-likeness (QED) is 0.355. The lowest BCUT2D eigenvalue weighted by molar-refractivity contribution is 0.122. The maximum Gasteiger partial charge on any atom is 0.255 e. The van der Waals surface area contributed by atoms with Crippen LogP contribution in [0.1, 0.15) is 0 Å². The largest absolute Gasteiger partial charge is 0.339 e. The number of para-hydroxylation sites is 1. The Labute approximate surface area is 92.7 Å². The van der Waals surface area contributed by atoms with Gasteiger partial charge >= 0.3 is 0 Å². The van der Waals surface area contributed by atoms with Crippen molar-refractivity contribution in [2.75, 3.05) is 13.6 Å². The summed E-state index contributed by atoms with van der Waals surface area (Å²) >= 11 is 0. The molecular formula is C10H14F2N4. The molecule has 0 aliphatic heterocycles. The van der Waals surface area contributed by atoms with Crippen LogP contribution in [0.3, 0.4) is 0 Å². The molecule has 0 aromatic heterocycles. The van der Waals surface area contributed by atoms with Crippen LogP contribution in [0.4, 0.5) is 14.5 Å². The van der Waals surface area contributed by atoms with Gasteiger partial charge in [0.2, 0.25) is 5.96 Å². The molecule has 0 atom stereocenters. The zero-order valence-electron chi connectivity index (χ0n) is 8.90. The van der Waals surface area contributed by atoms with E-state index in [-0.39, 0.29) is 5.96 Å². The third kappa shape index (κ3) is 3.82. The van der Waals surface area contributed by atoms with Gasteiger partial charge in [-0.2, -0.15) is 0 Å². The van der Waals surface area contributed by atoms with Gasteiger partial charge in [0.05, 0.1) is 12.2 Å². The molecule has 0 saturated carbocycles. The van der Waals surface area contributed by atoms with Crippen molar-refractivity contribution in [2.24, 2.45) is 10.8 Å². The molecule has 1 aromatic rings. The Morgan fingerprint density at radius 3 is 2.56 bits per heavy atom. The van der Waals surface area contributed by atoms with Crippen molar-refractivity contribution in [2.45, 2.75) is 6.43 Å². The molecule has 16 heavy (non-hydrogen) atoms. The fourth-order valence-electron chi connectivity index (χ4n) is 1.15. The van der Waals surface area contributed by atoms with E-state index in [1.807, 2.05) is 6.07 Å². The molecule has 0 aliphatic rings. The highest BCUT2D eigenvalue weighted by molar-refractivity contribution is 5.81. The van der Waals surface area contributed by atoms with Gasteiger partial charge < -0.3 is 4.90 Å². The van der Waals surface area contributed by atoms with Gasteiger partial charge in [-0.1, -0.05) is 18.2 Å². The minimum Gasteiger partial charge on any atom is -0.339 e. The van der Waals surface area contributed by atoms with Crippen molar-refractivity contribution in [1.29, 1.82) is 0 Å². The average molecular weight is 228 g/mol. The number of halogens is 2. The standard InChI is InChI=1S/C10H14F2N4/c1-16(7-9(11)12)10(15-13)14-8-5-3-2-4-6-8/h2-6,9H,7,13H2,1H3,(H,14,15). The molecular weight excluding hydrogens is 214 g/mol. The smallest absolute Gasteiger partial charge is 0.255 e. The summed E-state index contributed by atoms with van der Waals surface area (Å²) in [5.74, 6) is 5.43. The number of benzene rings is 1. The molecule has 0 unspecified atom stereocenters. The van der Waals surface area contributed by atoms with Gasteiger partial charge in [-0.05, 0) is 12.1 Å². The van der Waals surface area contributed by atoms with E-state index < -0.39 is 13.0 Å². The Balaban J connectivity index is 2.77. The second-order valence-corrected chi connectivity index (χ2v) is 3.19. The molecule has 0 spiro atoms. The van der Waals surface area contributed by atoms with Gasteiger partial charge in [-0.25, -0.2) is 19.6 Å². The normalized spacial score (nSPS) is 11.7. The molecule has 0 saturated heterocycles. The predicted octanol–water partition coefficient (Wildman–Crippen LogP) is 1.33. The summed E-state index contributed by atoms with van der Waals surface area (Å²) in [6.07, 6.45) is -2.43. The summed E-state index contributed by atoms with van der Waals surface area (Å²) < 4.78 is 24.3. The van der Waals surface area contributed by atoms with E-state index in [1.54, 1.807) is 24.3 Å². The van der Waals surface area contributed by atoms with Crippen LogP contribution >= 0.6 is 0 Å². The van der Waals surface area contributed by atoms with Crippen LogP contribution in [0.2, 0.25) is 0 Å². The summed E-state index contributed by atoms with van der Waals surface area (Å²) in [5, 5.41) is 0. The summed E-state index contributed by atoms with van der Waals surface area (Å²) in [5.41, 5.74) is 2.95. The van der Waals surface area contributed by atoms with Gasteiger partial charge in [-0.3, -0.25) is 5.43 Å². The van der Waals surface area contributed by atoms with E-state index in [2.05, 4.69) is 10.4 Å². The van der Waals surface area contributed by atoms with E-state index in [9.17, 15) is 8.78 Å². The molecule has 0 heterocycles. The Hall–Kier alpha value is -1.69. The fraction of sp³-hybridized carbons (Fsp3) is 0.300. The highest BCUT2D eigenvalue weighted by Crippen LogP contribution is 2.10. The summed E-state index contributed by atoms with van der Waals surface area (Å²) in [6, 6.07) is 8.97. The number of rotatable bonds is 3. The lowest BCUT2D eigenvalue weighted by atomic mass is 10.3. The molecule has 0 amide bonds. The summed E-state index contributed by atoms with van der Waals surface area (Å²) in [6.45, 7) is -0.421. The van der Waals surface area contributed by atoms with Gasteiger partial charge in [0.1, 0.15) is 0 Å². The topological polar surface area (TPSA) is 53.6 Å². The minimum absolute atomic E-state index is 0.200. The van der Waals surface area contributed by atoms with Crippen LogP contribution in [-0.2, 0) is 0 Å². The van der Waals surface area contributed by atoms with Crippen LogP contribution < -0.4 is 11.3 Å². The van der Waals surface area contributed by atoms with Crippen LogP contribution in [0.15, 0.2) is 35.3 Å². The van der Waals surface area contributed by atoms with Crippen molar-refractivity contribution in [3.05, 3.63) is 30.3 Å². The second-order valence-electron chi connectivity index (χ2n) is 3.19. The highest BCUT2D eigenvalue weighted by Gasteiger charge is 2.11. The van der Waals surface area contributed by atoms with Crippen molar-refractivity contribution >= 4 is 11.6 Å². The van der Waals surface area contributed by atoms with E-state index >= 15 is 0 Å². The first kappa shape index (κ1) is 12.4. The van der Waals surface area contributed by atoms with Crippen molar-refractivity contribution < 1.29 is 8.78 Å². The third-order valence-corrected chi connectivity index (χ3v) is 1.89. The Bertz CT molecular complexity index is 340. The maximum absolute atomic E-state index is 12.2. The first-order chi connectivity index (χ1) is 7.63. The van der Waals surface area contributed by atoms with Gasteiger partial charge in [0.25, 0.3) is 6.43 Å². The number of aliphatic imine (C=N–C) groups is 1. The molecule has 6 heteroatoms. The van der Waals surface area contributed by atoms with E-state index in [0.29, 0.717) is 5.69 Å². The molecule has 0 fully saturated rings. The number of hydrazine groups is 1. The third-order valence-electron chi connectivity index (χ3n) is 1.89. The van der Waals surface area contributed by atoms with E-state index in [4.69, 9.17) is 5.84 Å². The van der Waals surface area contributed by atoms with E-state index in [1.165, 1.54) is 11.9 Å². The lowest BCUT2D eigenvalue weighted by Gasteiger charge is -2.19. The second kappa shape index (κ2) is 6.02. The molecule has 0 aliphatic carbocycles. The Morgan fingerprint density at radius 1 is 1.44 bits per heavy atom. The molecule has 0 radical (unpaired) electrons. The highest BCUT2D eigenvalue weighted by atomic mass is 19.3. The van der Waals surface area contributed by atoms with Crippen molar-refractivity contribution in [1.82, 2.24) is 10.3 Å². The number of nitrogens with zero attached hydrogens (tertiary/aromatic N) is 2. The molecule has 1 aromatic carbocycles. The Kier molecular flexibility index (Phi) is 4.65. The number of hydrogen-bond acceptors (Lipinski definition) is 2. The first-order valence-corrected chi connectivity index (χ1v) is 4.73. The minimum atomic E-state index is -2.43. The van der Waals surface area contributed by atoms with Gasteiger partial charge in [0, 0.05) is 7.05 Å². The van der Waals surface area contributed by atoms with Crippen LogP contribution in [-0.4, -0.2) is 30.9 Å². The number of nitrogens with one attached hydrogen (secondary N) is 1. The van der Waals surface area contributed by atoms with Gasteiger partial charge in [0.15, 0.2) is 0 Å². The maximum atomic E-state index is 12.2. The van der Waals surface area contributed by atoms with Crippen LogP contribution in [0.5, 0.6) is 0 Å². The van der Waals surface area contributed by atoms with Gasteiger partial charge in [-0.15, -0.1) is 0 Å². The number of alkyl halides is 2. The molecule has 0 bridgehead atoms. The Morgan fingerprint density at radius 2 is 2.06 bits per heavy atom.